The Morgan fingerprint density at radius 2 is 1.94 bits per heavy atom. The zero-order valence-corrected chi connectivity index (χ0v) is 10.3. The van der Waals surface area contributed by atoms with Gasteiger partial charge in [0.2, 0.25) is 0 Å². The summed E-state index contributed by atoms with van der Waals surface area (Å²) in [5, 5.41) is 0. The summed E-state index contributed by atoms with van der Waals surface area (Å²) in [7, 11) is 1.66. The summed E-state index contributed by atoms with van der Waals surface area (Å²) in [5.41, 5.74) is 2.78. The first-order valence-electron chi connectivity index (χ1n) is 6.00. The van der Waals surface area contributed by atoms with E-state index in [0.29, 0.717) is 0 Å². The number of ether oxygens (including phenoxy) is 2. The van der Waals surface area contributed by atoms with Crippen LogP contribution in [0.4, 0.5) is 5.69 Å². The van der Waals surface area contributed by atoms with Crippen molar-refractivity contribution in [2.75, 3.05) is 38.3 Å². The van der Waals surface area contributed by atoms with E-state index in [0.717, 1.165) is 48.8 Å². The molecule has 0 aliphatic carbocycles. The standard InChI is InChI=1S/C13H15N3O2/c1-17-12-9-10(16-4-6-18-7-5-16)8-11-13(12)15-3-2-14-11/h2-3,8-9H,4-7H2,1H3. The Morgan fingerprint density at radius 3 is 2.72 bits per heavy atom. The van der Waals surface area contributed by atoms with Crippen LogP contribution >= 0.6 is 0 Å². The van der Waals surface area contributed by atoms with Crippen molar-refractivity contribution in [1.82, 2.24) is 9.97 Å². The molecule has 0 spiro atoms. The van der Waals surface area contributed by atoms with E-state index in [1.165, 1.54) is 0 Å². The van der Waals surface area contributed by atoms with Gasteiger partial charge in [0, 0.05) is 37.2 Å². The minimum Gasteiger partial charge on any atom is -0.494 e. The van der Waals surface area contributed by atoms with E-state index in [1.54, 1.807) is 19.5 Å². The number of hydrogen-bond acceptors (Lipinski definition) is 5. The Kier molecular flexibility index (Phi) is 2.98. The minimum absolute atomic E-state index is 0.765. The number of aromatic nitrogens is 2. The second-order valence-electron chi connectivity index (χ2n) is 4.17. The molecule has 0 amide bonds. The molecule has 0 bridgehead atoms. The third-order valence-corrected chi connectivity index (χ3v) is 3.12. The molecule has 94 valence electrons. The summed E-state index contributed by atoms with van der Waals surface area (Å²) < 4.78 is 10.8. The third kappa shape index (κ3) is 1.97. The number of rotatable bonds is 2. The molecule has 0 atom stereocenters. The topological polar surface area (TPSA) is 47.5 Å². The van der Waals surface area contributed by atoms with E-state index in [4.69, 9.17) is 9.47 Å². The molecule has 0 saturated carbocycles. The predicted octanol–water partition coefficient (Wildman–Crippen LogP) is 1.47. The molecule has 2 heterocycles. The number of morpholine rings is 1. The number of benzene rings is 1. The molecule has 1 fully saturated rings. The van der Waals surface area contributed by atoms with Gasteiger partial charge in [-0.3, -0.25) is 4.98 Å². The Labute approximate surface area is 105 Å². The molecule has 1 aromatic carbocycles. The van der Waals surface area contributed by atoms with Gasteiger partial charge in [-0.2, -0.15) is 0 Å². The van der Waals surface area contributed by atoms with Gasteiger partial charge in [-0.25, -0.2) is 4.98 Å². The van der Waals surface area contributed by atoms with Crippen LogP contribution in [0.15, 0.2) is 24.5 Å². The molecular weight excluding hydrogens is 230 g/mol. The Bertz CT molecular complexity index is 553. The fourth-order valence-electron chi connectivity index (χ4n) is 2.19. The van der Waals surface area contributed by atoms with Gasteiger partial charge in [0.15, 0.2) is 0 Å². The fraction of sp³-hybridized carbons (Fsp3) is 0.385. The van der Waals surface area contributed by atoms with Gasteiger partial charge in [0.25, 0.3) is 0 Å². The van der Waals surface area contributed by atoms with Crippen molar-refractivity contribution < 1.29 is 9.47 Å². The molecule has 1 aliphatic rings. The Balaban J connectivity index is 2.07. The quantitative estimate of drug-likeness (QED) is 0.802. The van der Waals surface area contributed by atoms with Gasteiger partial charge in [0.1, 0.15) is 11.3 Å². The predicted molar refractivity (Wildman–Crippen MR) is 69.1 cm³/mol. The fourth-order valence-corrected chi connectivity index (χ4v) is 2.19. The maximum atomic E-state index is 5.40. The lowest BCUT2D eigenvalue weighted by molar-refractivity contribution is 0.122. The monoisotopic (exact) mass is 245 g/mol. The van der Waals surface area contributed by atoms with Gasteiger partial charge < -0.3 is 14.4 Å². The second-order valence-corrected chi connectivity index (χ2v) is 4.17. The van der Waals surface area contributed by atoms with Gasteiger partial charge >= 0.3 is 0 Å². The van der Waals surface area contributed by atoms with E-state index in [2.05, 4.69) is 20.9 Å². The molecule has 0 radical (unpaired) electrons. The first-order chi connectivity index (χ1) is 8.88. The zero-order chi connectivity index (χ0) is 12.4. The van der Waals surface area contributed by atoms with Crippen LogP contribution in [-0.2, 0) is 4.74 Å². The molecule has 3 rings (SSSR count). The van der Waals surface area contributed by atoms with E-state index in [-0.39, 0.29) is 0 Å². The van der Waals surface area contributed by atoms with E-state index in [9.17, 15) is 0 Å². The van der Waals surface area contributed by atoms with Crippen LogP contribution in [0.2, 0.25) is 0 Å². The first kappa shape index (κ1) is 11.2. The lowest BCUT2D eigenvalue weighted by Gasteiger charge is -2.29. The Hall–Kier alpha value is -1.88. The highest BCUT2D eigenvalue weighted by Crippen LogP contribution is 2.29. The van der Waals surface area contributed by atoms with Crippen molar-refractivity contribution in [3.05, 3.63) is 24.5 Å². The van der Waals surface area contributed by atoms with Crippen molar-refractivity contribution in [2.45, 2.75) is 0 Å². The molecule has 1 saturated heterocycles. The van der Waals surface area contributed by atoms with E-state index < -0.39 is 0 Å². The maximum absolute atomic E-state index is 5.40. The van der Waals surface area contributed by atoms with E-state index in [1.807, 2.05) is 6.07 Å². The number of fused-ring (bicyclic) bond motifs is 1. The summed E-state index contributed by atoms with van der Waals surface area (Å²) in [5.74, 6) is 0.766. The smallest absolute Gasteiger partial charge is 0.148 e. The van der Waals surface area contributed by atoms with Crippen molar-refractivity contribution in [2.24, 2.45) is 0 Å². The van der Waals surface area contributed by atoms with Crippen LogP contribution in [-0.4, -0.2) is 43.4 Å². The molecule has 0 N–H and O–H groups in total. The van der Waals surface area contributed by atoms with E-state index >= 15 is 0 Å². The summed E-state index contributed by atoms with van der Waals surface area (Å²) in [6, 6.07) is 4.07. The third-order valence-electron chi connectivity index (χ3n) is 3.12. The average Bonchev–Trinajstić information content (AvgIpc) is 2.47. The first-order valence-corrected chi connectivity index (χ1v) is 6.00. The van der Waals surface area contributed by atoms with Crippen molar-refractivity contribution in [3.63, 3.8) is 0 Å². The maximum Gasteiger partial charge on any atom is 0.148 e. The van der Waals surface area contributed by atoms with Crippen molar-refractivity contribution in [3.8, 4) is 5.75 Å². The van der Waals surface area contributed by atoms with Crippen LogP contribution in [0.1, 0.15) is 0 Å². The molecule has 5 heteroatoms. The second kappa shape index (κ2) is 4.78. The highest BCUT2D eigenvalue weighted by molar-refractivity contribution is 5.85. The van der Waals surface area contributed by atoms with Crippen molar-refractivity contribution in [1.29, 1.82) is 0 Å². The van der Waals surface area contributed by atoms with Crippen LogP contribution in [0, 0.1) is 0 Å². The van der Waals surface area contributed by atoms with Crippen LogP contribution < -0.4 is 9.64 Å². The van der Waals surface area contributed by atoms with Gasteiger partial charge in [0.05, 0.1) is 25.8 Å². The Morgan fingerprint density at radius 1 is 1.17 bits per heavy atom. The number of methoxy groups -OCH3 is 1. The largest absolute Gasteiger partial charge is 0.494 e. The lowest BCUT2D eigenvalue weighted by atomic mass is 10.2. The highest BCUT2D eigenvalue weighted by Gasteiger charge is 2.14. The normalized spacial score (nSPS) is 15.9. The number of hydrogen-bond donors (Lipinski definition) is 0. The highest BCUT2D eigenvalue weighted by atomic mass is 16.5. The molecule has 18 heavy (non-hydrogen) atoms. The van der Waals surface area contributed by atoms with Crippen LogP contribution in [0.5, 0.6) is 5.75 Å². The molecule has 5 nitrogen and oxygen atoms in total. The van der Waals surface area contributed by atoms with Crippen molar-refractivity contribution >= 4 is 16.7 Å². The SMILES string of the molecule is COc1cc(N2CCOCC2)cc2nccnc12. The molecule has 0 unspecified atom stereocenters. The summed E-state index contributed by atoms with van der Waals surface area (Å²) in [4.78, 5) is 10.9. The average molecular weight is 245 g/mol. The zero-order valence-electron chi connectivity index (χ0n) is 10.3. The minimum atomic E-state index is 0.765. The lowest BCUT2D eigenvalue weighted by Crippen LogP contribution is -2.36. The van der Waals surface area contributed by atoms with Crippen LogP contribution in [0.3, 0.4) is 0 Å². The van der Waals surface area contributed by atoms with Gasteiger partial charge in [-0.05, 0) is 6.07 Å². The molecule has 1 aromatic heterocycles. The molecule has 2 aromatic rings. The molecule has 1 aliphatic heterocycles. The molecular formula is C13H15N3O2. The number of anilines is 1. The summed E-state index contributed by atoms with van der Waals surface area (Å²) >= 11 is 0. The van der Waals surface area contributed by atoms with Crippen LogP contribution in [0.25, 0.3) is 11.0 Å². The number of nitrogens with zero attached hydrogens (tertiary/aromatic N) is 3. The summed E-state index contributed by atoms with van der Waals surface area (Å²) in [6.45, 7) is 3.32. The van der Waals surface area contributed by atoms with Gasteiger partial charge in [-0.1, -0.05) is 0 Å². The summed E-state index contributed by atoms with van der Waals surface area (Å²) in [6.07, 6.45) is 3.38. The van der Waals surface area contributed by atoms with Gasteiger partial charge in [-0.15, -0.1) is 0 Å².